The molecule has 7 nitrogen and oxygen atoms in total. The Bertz CT molecular complexity index is 1010. The topological polar surface area (TPSA) is 105 Å². The van der Waals surface area contributed by atoms with Gasteiger partial charge in [0.25, 0.3) is 10.0 Å². The van der Waals surface area contributed by atoms with Gasteiger partial charge in [-0.3, -0.25) is 4.72 Å². The SMILES string of the molecule is N#Cc1ccccc1S(=O)(=O)Nc1cnc(Oc2ccccc2)nc1. The minimum absolute atomic E-state index is 0.0555. The van der Waals surface area contributed by atoms with Crippen LogP contribution >= 0.6 is 0 Å². The van der Waals surface area contributed by atoms with Crippen molar-refractivity contribution in [1.29, 1.82) is 5.26 Å². The summed E-state index contributed by atoms with van der Waals surface area (Å²) in [6.07, 6.45) is 2.58. The highest BCUT2D eigenvalue weighted by atomic mass is 32.2. The number of rotatable bonds is 5. The summed E-state index contributed by atoms with van der Waals surface area (Å²) in [5.74, 6) is 0.568. The third-order valence-corrected chi connectivity index (χ3v) is 4.57. The van der Waals surface area contributed by atoms with Crippen molar-refractivity contribution < 1.29 is 13.2 Å². The first kappa shape index (κ1) is 16.4. The molecule has 1 heterocycles. The fourth-order valence-corrected chi connectivity index (χ4v) is 3.21. The monoisotopic (exact) mass is 352 g/mol. The van der Waals surface area contributed by atoms with Crippen LogP contribution in [0.2, 0.25) is 0 Å². The molecular formula is C17H12N4O3S. The first-order valence-corrected chi connectivity index (χ1v) is 8.64. The van der Waals surface area contributed by atoms with Gasteiger partial charge in [-0.2, -0.15) is 5.26 Å². The molecule has 0 aliphatic rings. The van der Waals surface area contributed by atoms with E-state index in [0.29, 0.717) is 5.75 Å². The maximum atomic E-state index is 12.4. The maximum Gasteiger partial charge on any atom is 0.322 e. The van der Waals surface area contributed by atoms with Crippen molar-refractivity contribution in [2.24, 2.45) is 0 Å². The van der Waals surface area contributed by atoms with Crippen molar-refractivity contribution in [3.05, 3.63) is 72.6 Å². The lowest BCUT2D eigenvalue weighted by molar-refractivity contribution is 0.442. The molecule has 3 aromatic rings. The summed E-state index contributed by atoms with van der Waals surface area (Å²) in [6.45, 7) is 0. The molecule has 0 atom stereocenters. The summed E-state index contributed by atoms with van der Waals surface area (Å²) < 4.78 is 32.6. The van der Waals surface area contributed by atoms with Crippen molar-refractivity contribution in [3.8, 4) is 17.8 Å². The van der Waals surface area contributed by atoms with Gasteiger partial charge in [-0.05, 0) is 24.3 Å². The Labute approximate surface area is 144 Å². The van der Waals surface area contributed by atoms with E-state index < -0.39 is 10.0 Å². The van der Waals surface area contributed by atoms with E-state index >= 15 is 0 Å². The smallest absolute Gasteiger partial charge is 0.322 e. The molecule has 0 aliphatic heterocycles. The summed E-state index contributed by atoms with van der Waals surface area (Å²) >= 11 is 0. The number of nitrogens with zero attached hydrogens (tertiary/aromatic N) is 3. The third-order valence-electron chi connectivity index (χ3n) is 3.13. The largest absolute Gasteiger partial charge is 0.424 e. The quantitative estimate of drug-likeness (QED) is 0.757. The van der Waals surface area contributed by atoms with Gasteiger partial charge in [-0.25, -0.2) is 18.4 Å². The van der Waals surface area contributed by atoms with Crippen LogP contribution in [-0.4, -0.2) is 18.4 Å². The molecular weight excluding hydrogens is 340 g/mol. The Morgan fingerprint density at radius 1 is 0.960 bits per heavy atom. The molecule has 8 heteroatoms. The summed E-state index contributed by atoms with van der Waals surface area (Å²) in [7, 11) is -3.92. The van der Waals surface area contributed by atoms with Gasteiger partial charge >= 0.3 is 6.01 Å². The molecule has 0 bridgehead atoms. The third kappa shape index (κ3) is 3.91. The van der Waals surface area contributed by atoms with Gasteiger partial charge in [-0.1, -0.05) is 30.3 Å². The van der Waals surface area contributed by atoms with Crippen molar-refractivity contribution in [2.75, 3.05) is 4.72 Å². The average Bonchev–Trinajstić information content (AvgIpc) is 2.64. The lowest BCUT2D eigenvalue weighted by atomic mass is 10.2. The van der Waals surface area contributed by atoms with Crippen LogP contribution < -0.4 is 9.46 Å². The number of nitriles is 1. The zero-order valence-corrected chi connectivity index (χ0v) is 13.6. The van der Waals surface area contributed by atoms with Gasteiger partial charge in [-0.15, -0.1) is 0 Å². The summed E-state index contributed by atoms with van der Waals surface area (Å²) in [5, 5.41) is 9.04. The van der Waals surface area contributed by atoms with E-state index in [4.69, 9.17) is 10.00 Å². The summed E-state index contributed by atoms with van der Waals surface area (Å²) in [4.78, 5) is 7.83. The van der Waals surface area contributed by atoms with Crippen LogP contribution in [-0.2, 0) is 10.0 Å². The molecule has 0 saturated carbocycles. The standard InChI is InChI=1S/C17H12N4O3S/c18-10-13-6-4-5-9-16(13)25(22,23)21-14-11-19-17(20-12-14)24-15-7-2-1-3-8-15/h1-9,11-12,21H. The number of sulfonamides is 1. The maximum absolute atomic E-state index is 12.4. The molecule has 1 N–H and O–H groups in total. The van der Waals surface area contributed by atoms with Crippen molar-refractivity contribution in [1.82, 2.24) is 9.97 Å². The number of hydrogen-bond acceptors (Lipinski definition) is 6. The van der Waals surface area contributed by atoms with Crippen LogP contribution in [0.4, 0.5) is 5.69 Å². The van der Waals surface area contributed by atoms with Gasteiger partial charge in [0.05, 0.1) is 23.6 Å². The Hall–Kier alpha value is -3.44. The number of para-hydroxylation sites is 1. The fraction of sp³-hybridized carbons (Fsp3) is 0. The number of ether oxygens (including phenoxy) is 1. The second-order valence-corrected chi connectivity index (χ2v) is 6.53. The van der Waals surface area contributed by atoms with Crippen LogP contribution in [0.1, 0.15) is 5.56 Å². The number of aromatic nitrogens is 2. The highest BCUT2D eigenvalue weighted by Crippen LogP contribution is 2.20. The van der Waals surface area contributed by atoms with Crippen LogP contribution in [0.3, 0.4) is 0 Å². The van der Waals surface area contributed by atoms with Gasteiger partial charge in [0.15, 0.2) is 0 Å². The zero-order chi connectivity index (χ0) is 17.7. The number of nitrogens with one attached hydrogen (secondary N) is 1. The first-order chi connectivity index (χ1) is 12.1. The molecule has 124 valence electrons. The summed E-state index contributed by atoms with van der Waals surface area (Å²) in [6, 6.07) is 16.8. The molecule has 3 rings (SSSR count). The van der Waals surface area contributed by atoms with E-state index in [1.54, 1.807) is 24.3 Å². The predicted molar refractivity (Wildman–Crippen MR) is 90.5 cm³/mol. The minimum atomic E-state index is -3.92. The predicted octanol–water partition coefficient (Wildman–Crippen LogP) is 2.94. The molecule has 1 aromatic heterocycles. The van der Waals surface area contributed by atoms with E-state index in [1.165, 1.54) is 24.5 Å². The number of hydrogen-bond donors (Lipinski definition) is 1. The number of anilines is 1. The molecule has 0 saturated heterocycles. The van der Waals surface area contributed by atoms with Crippen molar-refractivity contribution in [3.63, 3.8) is 0 Å². The van der Waals surface area contributed by atoms with E-state index in [0.717, 1.165) is 0 Å². The van der Waals surface area contributed by atoms with Crippen molar-refractivity contribution in [2.45, 2.75) is 4.90 Å². The second-order valence-electron chi connectivity index (χ2n) is 4.88. The lowest BCUT2D eigenvalue weighted by Crippen LogP contribution is -2.14. The summed E-state index contributed by atoms with van der Waals surface area (Å²) in [5.41, 5.74) is 0.216. The van der Waals surface area contributed by atoms with Gasteiger partial charge in [0.2, 0.25) is 0 Å². The van der Waals surface area contributed by atoms with Crippen LogP contribution in [0.15, 0.2) is 71.9 Å². The van der Waals surface area contributed by atoms with Gasteiger partial charge in [0.1, 0.15) is 16.7 Å². The van der Waals surface area contributed by atoms with Gasteiger partial charge < -0.3 is 4.74 Å². The molecule has 0 unspecified atom stereocenters. The van der Waals surface area contributed by atoms with Crippen molar-refractivity contribution >= 4 is 15.7 Å². The van der Waals surface area contributed by atoms with E-state index in [2.05, 4.69) is 14.7 Å². The first-order valence-electron chi connectivity index (χ1n) is 7.15. The number of benzene rings is 2. The molecule has 0 spiro atoms. The Kier molecular flexibility index (Phi) is 4.59. The van der Waals surface area contributed by atoms with Crippen LogP contribution in [0, 0.1) is 11.3 Å². The fourth-order valence-electron chi connectivity index (χ4n) is 2.02. The van der Waals surface area contributed by atoms with Crippen LogP contribution in [0.25, 0.3) is 0 Å². The normalized spacial score (nSPS) is 10.7. The highest BCUT2D eigenvalue weighted by Gasteiger charge is 2.18. The Morgan fingerprint density at radius 2 is 1.60 bits per heavy atom. The Balaban J connectivity index is 1.78. The molecule has 0 fully saturated rings. The molecule has 0 amide bonds. The molecule has 0 radical (unpaired) electrons. The average molecular weight is 352 g/mol. The Morgan fingerprint density at radius 3 is 2.28 bits per heavy atom. The minimum Gasteiger partial charge on any atom is -0.424 e. The molecule has 25 heavy (non-hydrogen) atoms. The molecule has 2 aromatic carbocycles. The van der Waals surface area contributed by atoms with Gasteiger partial charge in [0, 0.05) is 0 Å². The van der Waals surface area contributed by atoms with Crippen LogP contribution in [0.5, 0.6) is 11.8 Å². The highest BCUT2D eigenvalue weighted by molar-refractivity contribution is 7.92. The second kappa shape index (κ2) is 6.98. The van der Waals surface area contributed by atoms with E-state index in [-0.39, 0.29) is 22.2 Å². The van der Waals surface area contributed by atoms with E-state index in [9.17, 15) is 8.42 Å². The zero-order valence-electron chi connectivity index (χ0n) is 12.8. The lowest BCUT2D eigenvalue weighted by Gasteiger charge is -2.09. The molecule has 0 aliphatic carbocycles. The van der Waals surface area contributed by atoms with E-state index in [1.807, 2.05) is 24.3 Å².